The second-order valence-electron chi connectivity index (χ2n) is 7.03. The van der Waals surface area contributed by atoms with Crippen LogP contribution in [0.3, 0.4) is 0 Å². The highest BCUT2D eigenvalue weighted by atomic mass is 35.5. The summed E-state index contributed by atoms with van der Waals surface area (Å²) in [7, 11) is 0. The largest absolute Gasteiger partial charge is 0.480 e. The number of carboxylic acid groups (broad SMARTS) is 1. The minimum atomic E-state index is -0.928. The van der Waals surface area contributed by atoms with Gasteiger partial charge in [0, 0.05) is 0 Å². The van der Waals surface area contributed by atoms with Crippen LogP contribution in [0.2, 0.25) is 0 Å². The maximum absolute atomic E-state index is 12.4. The number of nitrogens with one attached hydrogen (secondary N) is 2. The van der Waals surface area contributed by atoms with Gasteiger partial charge in [-0.25, -0.2) is 4.79 Å². The number of carbonyl (C=O) groups is 1. The van der Waals surface area contributed by atoms with E-state index in [4.69, 9.17) is 0 Å². The van der Waals surface area contributed by atoms with Crippen molar-refractivity contribution in [1.82, 2.24) is 10.6 Å². The molecule has 2 fully saturated rings. The Morgan fingerprint density at radius 3 is 2.24 bits per heavy atom. The van der Waals surface area contributed by atoms with Crippen molar-refractivity contribution in [3.05, 3.63) is 35.9 Å². The van der Waals surface area contributed by atoms with E-state index in [1.165, 1.54) is 0 Å². The molecule has 25 heavy (non-hydrogen) atoms. The highest BCUT2D eigenvalue weighted by Gasteiger charge is 2.48. The zero-order valence-corrected chi connectivity index (χ0v) is 16.2. The third kappa shape index (κ3) is 4.88. The van der Waals surface area contributed by atoms with Crippen molar-refractivity contribution in [2.75, 3.05) is 19.6 Å². The lowest BCUT2D eigenvalue weighted by Crippen LogP contribution is -2.55. The Balaban J connectivity index is 0.00000156. The summed E-state index contributed by atoms with van der Waals surface area (Å²) >= 11 is 0. The van der Waals surface area contributed by atoms with Crippen LogP contribution in [-0.4, -0.2) is 30.7 Å². The number of halogens is 2. The SMILES string of the molecule is Cl.Cl.O=C(O)C(NCC1CCNCC1)(c1ccccc1)C1CCCC1. The first-order chi connectivity index (χ1) is 11.2. The maximum Gasteiger partial charge on any atom is 0.328 e. The fraction of sp³-hybridized carbons (Fsp3) is 0.632. The second kappa shape index (κ2) is 10.4. The number of benzene rings is 1. The Morgan fingerprint density at radius 2 is 1.68 bits per heavy atom. The Kier molecular flexibility index (Phi) is 9.22. The van der Waals surface area contributed by atoms with Crippen LogP contribution in [0.1, 0.15) is 44.1 Å². The van der Waals surface area contributed by atoms with Gasteiger partial charge in [0.2, 0.25) is 0 Å². The molecule has 6 heteroatoms. The van der Waals surface area contributed by atoms with Gasteiger partial charge in [0.05, 0.1) is 0 Å². The lowest BCUT2D eigenvalue weighted by Gasteiger charge is -2.38. The predicted molar refractivity (Wildman–Crippen MR) is 106 cm³/mol. The van der Waals surface area contributed by atoms with E-state index in [0.717, 1.165) is 63.7 Å². The van der Waals surface area contributed by atoms with Gasteiger partial charge in [-0.1, -0.05) is 43.2 Å². The van der Waals surface area contributed by atoms with Crippen molar-refractivity contribution in [2.24, 2.45) is 11.8 Å². The Hall–Kier alpha value is -0.810. The van der Waals surface area contributed by atoms with Crippen LogP contribution < -0.4 is 10.6 Å². The van der Waals surface area contributed by atoms with Crippen LogP contribution in [0, 0.1) is 11.8 Å². The third-order valence-electron chi connectivity index (χ3n) is 5.66. The number of carboxylic acids is 1. The molecule has 0 amide bonds. The molecule has 0 radical (unpaired) electrons. The molecule has 3 N–H and O–H groups in total. The molecule has 1 atom stereocenters. The van der Waals surface area contributed by atoms with Crippen molar-refractivity contribution in [1.29, 1.82) is 0 Å². The highest BCUT2D eigenvalue weighted by Crippen LogP contribution is 2.41. The van der Waals surface area contributed by atoms with E-state index >= 15 is 0 Å². The molecular weight excluding hydrogens is 359 g/mol. The fourth-order valence-corrected chi connectivity index (χ4v) is 4.31. The standard InChI is InChI=1S/C19H28N2O2.2ClH/c22-18(23)19(17-8-4-5-9-17,16-6-2-1-3-7-16)21-14-15-10-12-20-13-11-15;;/h1-3,6-7,15,17,20-21H,4-5,8-14H2,(H,22,23);2*1H. The third-order valence-corrected chi connectivity index (χ3v) is 5.66. The molecule has 1 saturated carbocycles. The van der Waals surface area contributed by atoms with E-state index in [1.807, 2.05) is 30.3 Å². The molecule has 1 aliphatic heterocycles. The smallest absolute Gasteiger partial charge is 0.328 e. The molecule has 3 rings (SSSR count). The van der Waals surface area contributed by atoms with Crippen LogP contribution in [0.5, 0.6) is 0 Å². The second-order valence-corrected chi connectivity index (χ2v) is 7.03. The van der Waals surface area contributed by atoms with Crippen LogP contribution in [0.4, 0.5) is 0 Å². The molecule has 1 aromatic carbocycles. The van der Waals surface area contributed by atoms with E-state index < -0.39 is 11.5 Å². The first-order valence-electron chi connectivity index (χ1n) is 8.98. The van der Waals surface area contributed by atoms with Crippen molar-refractivity contribution in [2.45, 2.75) is 44.1 Å². The number of hydrogen-bond acceptors (Lipinski definition) is 3. The monoisotopic (exact) mass is 388 g/mol. The molecule has 1 aliphatic carbocycles. The van der Waals surface area contributed by atoms with Gasteiger partial charge < -0.3 is 10.4 Å². The quantitative estimate of drug-likeness (QED) is 0.696. The van der Waals surface area contributed by atoms with E-state index in [-0.39, 0.29) is 30.7 Å². The molecule has 1 unspecified atom stereocenters. The molecule has 4 nitrogen and oxygen atoms in total. The molecule has 0 aromatic heterocycles. The van der Waals surface area contributed by atoms with Crippen molar-refractivity contribution < 1.29 is 9.90 Å². The summed E-state index contributed by atoms with van der Waals surface area (Å²) in [4.78, 5) is 12.4. The minimum Gasteiger partial charge on any atom is -0.480 e. The molecular formula is C19H30Cl2N2O2. The summed E-state index contributed by atoms with van der Waals surface area (Å²) in [6.45, 7) is 2.88. The fourth-order valence-electron chi connectivity index (χ4n) is 4.31. The Labute approximate surface area is 163 Å². The van der Waals surface area contributed by atoms with Gasteiger partial charge in [-0.2, -0.15) is 0 Å². The molecule has 2 aliphatic rings. The average molecular weight is 389 g/mol. The summed E-state index contributed by atoms with van der Waals surface area (Å²) < 4.78 is 0. The van der Waals surface area contributed by atoms with Gasteiger partial charge in [-0.15, -0.1) is 24.8 Å². The summed E-state index contributed by atoms with van der Waals surface area (Å²) in [5.41, 5.74) is -0.0174. The normalized spacial score (nSPS) is 21.0. The van der Waals surface area contributed by atoms with Crippen molar-refractivity contribution in [3.8, 4) is 0 Å². The molecule has 0 bridgehead atoms. The van der Waals surface area contributed by atoms with Gasteiger partial charge >= 0.3 is 5.97 Å². The van der Waals surface area contributed by atoms with Gasteiger partial charge in [-0.05, 0) is 62.7 Å². The first kappa shape index (κ1) is 22.2. The molecule has 1 saturated heterocycles. The number of aliphatic carboxylic acids is 1. The highest BCUT2D eigenvalue weighted by molar-refractivity contribution is 5.85. The van der Waals surface area contributed by atoms with Crippen LogP contribution in [0.15, 0.2) is 30.3 Å². The molecule has 142 valence electrons. The minimum absolute atomic E-state index is 0. The van der Waals surface area contributed by atoms with Gasteiger partial charge in [0.15, 0.2) is 0 Å². The van der Waals surface area contributed by atoms with Gasteiger partial charge in [0.25, 0.3) is 0 Å². The van der Waals surface area contributed by atoms with Crippen molar-refractivity contribution in [3.63, 3.8) is 0 Å². The molecule has 0 spiro atoms. The van der Waals surface area contributed by atoms with Crippen LogP contribution in [0.25, 0.3) is 0 Å². The summed E-state index contributed by atoms with van der Waals surface area (Å²) in [5.74, 6) is 0.0359. The Bertz CT molecular complexity index is 517. The van der Waals surface area contributed by atoms with Crippen LogP contribution >= 0.6 is 24.8 Å². The summed E-state index contributed by atoms with van der Waals surface area (Å²) in [6, 6.07) is 9.81. The average Bonchev–Trinajstić information content (AvgIpc) is 3.12. The lowest BCUT2D eigenvalue weighted by atomic mass is 9.76. The Morgan fingerprint density at radius 1 is 1.08 bits per heavy atom. The zero-order valence-electron chi connectivity index (χ0n) is 14.6. The van der Waals surface area contributed by atoms with E-state index in [0.29, 0.717) is 5.92 Å². The van der Waals surface area contributed by atoms with Crippen LogP contribution in [-0.2, 0) is 10.3 Å². The predicted octanol–water partition coefficient (Wildman–Crippen LogP) is 3.59. The maximum atomic E-state index is 12.4. The van der Waals surface area contributed by atoms with Gasteiger partial charge in [0.1, 0.15) is 5.54 Å². The molecule has 1 aromatic rings. The van der Waals surface area contributed by atoms with E-state index in [2.05, 4.69) is 10.6 Å². The lowest BCUT2D eigenvalue weighted by molar-refractivity contribution is -0.148. The number of hydrogen-bond donors (Lipinski definition) is 3. The first-order valence-corrected chi connectivity index (χ1v) is 8.98. The zero-order chi connectivity index (χ0) is 16.1. The summed E-state index contributed by atoms with van der Waals surface area (Å²) in [6.07, 6.45) is 6.54. The number of rotatable bonds is 6. The summed E-state index contributed by atoms with van der Waals surface area (Å²) in [5, 5.41) is 17.1. The van der Waals surface area contributed by atoms with Gasteiger partial charge in [-0.3, -0.25) is 5.32 Å². The van der Waals surface area contributed by atoms with Crippen molar-refractivity contribution >= 4 is 30.8 Å². The van der Waals surface area contributed by atoms with E-state index in [1.54, 1.807) is 0 Å². The van der Waals surface area contributed by atoms with E-state index in [9.17, 15) is 9.90 Å². The molecule has 1 heterocycles. The number of piperidine rings is 1. The topological polar surface area (TPSA) is 61.4 Å².